The van der Waals surface area contributed by atoms with Crippen LogP contribution in [0.1, 0.15) is 56.3 Å². The molecule has 1 aliphatic carbocycles. The van der Waals surface area contributed by atoms with Gasteiger partial charge in [-0.05, 0) is 75.3 Å². The summed E-state index contributed by atoms with van der Waals surface area (Å²) in [6.45, 7) is 3.77. The molecular weight excluding hydrogens is 458 g/mol. The number of carbonyl (C=O) groups excluding carboxylic acids is 1. The highest BCUT2D eigenvalue weighted by Gasteiger charge is 2.29. The lowest BCUT2D eigenvalue weighted by Crippen LogP contribution is -2.38. The molecule has 2 aromatic rings. The molecule has 0 bridgehead atoms. The Bertz CT molecular complexity index is 1080. The predicted molar refractivity (Wildman–Crippen MR) is 134 cm³/mol. The number of anilines is 1. The summed E-state index contributed by atoms with van der Waals surface area (Å²) < 4.78 is 33.2. The van der Waals surface area contributed by atoms with Gasteiger partial charge in [-0.15, -0.1) is 0 Å². The van der Waals surface area contributed by atoms with Crippen molar-refractivity contribution in [2.24, 2.45) is 0 Å². The van der Waals surface area contributed by atoms with Gasteiger partial charge in [-0.25, -0.2) is 8.42 Å². The number of nitrogens with one attached hydrogen (secondary N) is 2. The van der Waals surface area contributed by atoms with E-state index in [4.69, 9.17) is 17.0 Å². The summed E-state index contributed by atoms with van der Waals surface area (Å²) in [5, 5.41) is 5.67. The van der Waals surface area contributed by atoms with Crippen molar-refractivity contribution < 1.29 is 17.9 Å². The van der Waals surface area contributed by atoms with E-state index in [0.717, 1.165) is 32.1 Å². The second kappa shape index (κ2) is 11.1. The highest BCUT2D eigenvalue weighted by molar-refractivity contribution is 7.89. The minimum absolute atomic E-state index is 0.0481. The number of ether oxygens (including phenoxy) is 1. The first-order valence-corrected chi connectivity index (χ1v) is 13.0. The Balaban J connectivity index is 1.63. The van der Waals surface area contributed by atoms with Gasteiger partial charge in [0.05, 0.1) is 16.6 Å². The number of carbonyl (C=O) groups is 1. The zero-order chi connectivity index (χ0) is 24.0. The third kappa shape index (κ3) is 6.52. The Labute approximate surface area is 201 Å². The number of para-hydroxylation sites is 1. The molecule has 7 nitrogen and oxygen atoms in total. The van der Waals surface area contributed by atoms with Crippen molar-refractivity contribution in [1.82, 2.24) is 9.62 Å². The molecule has 3 rings (SSSR count). The van der Waals surface area contributed by atoms with Gasteiger partial charge < -0.3 is 10.1 Å². The fourth-order valence-corrected chi connectivity index (χ4v) is 5.49. The van der Waals surface area contributed by atoms with Gasteiger partial charge in [0.1, 0.15) is 5.75 Å². The van der Waals surface area contributed by atoms with Gasteiger partial charge in [0.2, 0.25) is 10.0 Å². The van der Waals surface area contributed by atoms with Gasteiger partial charge in [0.15, 0.2) is 5.11 Å². The van der Waals surface area contributed by atoms with Crippen molar-refractivity contribution in [3.8, 4) is 5.75 Å². The zero-order valence-electron chi connectivity index (χ0n) is 19.2. The molecule has 2 aromatic carbocycles. The van der Waals surface area contributed by atoms with Crippen molar-refractivity contribution in [3.63, 3.8) is 0 Å². The van der Waals surface area contributed by atoms with Crippen LogP contribution in [-0.4, -0.2) is 42.9 Å². The first kappa shape index (κ1) is 25.1. The van der Waals surface area contributed by atoms with E-state index in [0.29, 0.717) is 17.0 Å². The number of sulfonamides is 1. The first-order chi connectivity index (χ1) is 15.7. The molecule has 2 N–H and O–H groups in total. The molecule has 0 spiro atoms. The molecule has 178 valence electrons. The lowest BCUT2D eigenvalue weighted by molar-refractivity contribution is 0.0972. The van der Waals surface area contributed by atoms with E-state index in [1.165, 1.54) is 4.31 Å². The van der Waals surface area contributed by atoms with Gasteiger partial charge in [0, 0.05) is 18.8 Å². The fraction of sp³-hybridized carbons (Fsp3) is 0.417. The summed E-state index contributed by atoms with van der Waals surface area (Å²) in [5.74, 6) is 0.0847. The van der Waals surface area contributed by atoms with Crippen LogP contribution in [0.5, 0.6) is 5.75 Å². The molecule has 0 heterocycles. The standard InChI is InChI=1S/C24H31N3O4S2/c1-17(2)31-22-12-8-7-11-21(22)23(28)26-24(32)25-18-13-15-20(16-14-18)33(29,30)27(3)19-9-5-4-6-10-19/h7-8,11-17,19H,4-6,9-10H2,1-3H3,(H2,25,26,28,32). The van der Waals surface area contributed by atoms with Gasteiger partial charge in [-0.1, -0.05) is 31.4 Å². The predicted octanol–water partition coefficient (Wildman–Crippen LogP) is 4.55. The SMILES string of the molecule is CC(C)Oc1ccccc1C(=O)NC(=S)Nc1ccc(S(=O)(=O)N(C)C2CCCCC2)cc1. The molecule has 1 fully saturated rings. The zero-order valence-corrected chi connectivity index (χ0v) is 20.8. The third-order valence-corrected chi connectivity index (χ3v) is 7.73. The van der Waals surface area contributed by atoms with Crippen molar-refractivity contribution in [2.75, 3.05) is 12.4 Å². The van der Waals surface area contributed by atoms with Gasteiger partial charge in [-0.2, -0.15) is 4.31 Å². The average molecular weight is 490 g/mol. The number of amides is 1. The van der Waals surface area contributed by atoms with Crippen LogP contribution in [0.2, 0.25) is 0 Å². The fourth-order valence-electron chi connectivity index (χ4n) is 3.86. The van der Waals surface area contributed by atoms with Crippen LogP contribution >= 0.6 is 12.2 Å². The minimum Gasteiger partial charge on any atom is -0.490 e. The molecule has 0 saturated heterocycles. The smallest absolute Gasteiger partial charge is 0.261 e. The topological polar surface area (TPSA) is 87.7 Å². The largest absolute Gasteiger partial charge is 0.490 e. The van der Waals surface area contributed by atoms with E-state index < -0.39 is 15.9 Å². The first-order valence-electron chi connectivity index (χ1n) is 11.1. The lowest BCUT2D eigenvalue weighted by Gasteiger charge is -2.30. The van der Waals surface area contributed by atoms with Gasteiger partial charge in [0.25, 0.3) is 5.91 Å². The van der Waals surface area contributed by atoms with Crippen molar-refractivity contribution in [1.29, 1.82) is 0 Å². The summed E-state index contributed by atoms with van der Waals surface area (Å²) in [4.78, 5) is 12.9. The quantitative estimate of drug-likeness (QED) is 0.555. The molecular formula is C24H31N3O4S2. The number of nitrogens with zero attached hydrogens (tertiary/aromatic N) is 1. The molecule has 0 radical (unpaired) electrons. The minimum atomic E-state index is -3.56. The molecule has 33 heavy (non-hydrogen) atoms. The number of hydrogen-bond acceptors (Lipinski definition) is 5. The molecule has 9 heteroatoms. The molecule has 1 saturated carbocycles. The molecule has 0 aliphatic heterocycles. The van der Waals surface area contributed by atoms with E-state index in [2.05, 4.69) is 10.6 Å². The van der Waals surface area contributed by atoms with E-state index in [-0.39, 0.29) is 22.2 Å². The second-order valence-corrected chi connectivity index (χ2v) is 10.8. The Kier molecular flexibility index (Phi) is 8.45. The molecule has 1 aliphatic rings. The van der Waals surface area contributed by atoms with E-state index in [9.17, 15) is 13.2 Å². The Morgan fingerprint density at radius 1 is 1.06 bits per heavy atom. The van der Waals surface area contributed by atoms with Crippen LogP contribution < -0.4 is 15.4 Å². The summed E-state index contributed by atoms with van der Waals surface area (Å²) in [5.41, 5.74) is 0.953. The Hall–Kier alpha value is -2.49. The monoisotopic (exact) mass is 489 g/mol. The van der Waals surface area contributed by atoms with Crippen molar-refractivity contribution in [2.45, 2.75) is 63.0 Å². The van der Waals surface area contributed by atoms with E-state index >= 15 is 0 Å². The van der Waals surface area contributed by atoms with Crippen LogP contribution in [0.25, 0.3) is 0 Å². The molecule has 0 atom stereocenters. The van der Waals surface area contributed by atoms with Crippen molar-refractivity contribution >= 4 is 38.9 Å². The van der Waals surface area contributed by atoms with Crippen LogP contribution in [0.15, 0.2) is 53.4 Å². The summed E-state index contributed by atoms with van der Waals surface area (Å²) in [7, 11) is -1.91. The van der Waals surface area contributed by atoms with Crippen molar-refractivity contribution in [3.05, 3.63) is 54.1 Å². The molecule has 0 aromatic heterocycles. The maximum absolute atomic E-state index is 13.0. The normalized spacial score (nSPS) is 14.8. The maximum atomic E-state index is 13.0. The van der Waals surface area contributed by atoms with Crippen LogP contribution in [0.4, 0.5) is 5.69 Å². The third-order valence-electron chi connectivity index (χ3n) is 5.60. The second-order valence-electron chi connectivity index (χ2n) is 8.41. The Morgan fingerprint density at radius 2 is 1.70 bits per heavy atom. The number of hydrogen-bond donors (Lipinski definition) is 2. The highest BCUT2D eigenvalue weighted by atomic mass is 32.2. The van der Waals surface area contributed by atoms with E-state index in [1.54, 1.807) is 55.6 Å². The van der Waals surface area contributed by atoms with Crippen LogP contribution in [0, 0.1) is 0 Å². The van der Waals surface area contributed by atoms with Gasteiger partial charge >= 0.3 is 0 Å². The molecule has 0 unspecified atom stereocenters. The Morgan fingerprint density at radius 3 is 2.33 bits per heavy atom. The van der Waals surface area contributed by atoms with Gasteiger partial charge in [-0.3, -0.25) is 10.1 Å². The van der Waals surface area contributed by atoms with Crippen LogP contribution in [0.3, 0.4) is 0 Å². The number of thiocarbonyl (C=S) groups is 1. The van der Waals surface area contributed by atoms with E-state index in [1.807, 2.05) is 13.8 Å². The lowest BCUT2D eigenvalue weighted by atomic mass is 9.96. The molecule has 1 amide bonds. The number of rotatable bonds is 7. The highest BCUT2D eigenvalue weighted by Crippen LogP contribution is 2.27. The van der Waals surface area contributed by atoms with Crippen LogP contribution in [-0.2, 0) is 10.0 Å². The number of benzene rings is 2. The average Bonchev–Trinajstić information content (AvgIpc) is 2.79. The summed E-state index contributed by atoms with van der Waals surface area (Å²) in [6.07, 6.45) is 5.01. The summed E-state index contributed by atoms with van der Waals surface area (Å²) in [6, 6.07) is 13.4. The maximum Gasteiger partial charge on any atom is 0.261 e. The summed E-state index contributed by atoms with van der Waals surface area (Å²) >= 11 is 5.27.